The zero-order chi connectivity index (χ0) is 25.1. The molecule has 7 heteroatoms. The van der Waals surface area contributed by atoms with E-state index in [0.29, 0.717) is 22.6 Å². The van der Waals surface area contributed by atoms with Crippen LogP contribution >= 0.6 is 0 Å². The number of carbonyl (C=O) groups is 1. The summed E-state index contributed by atoms with van der Waals surface area (Å²) in [5.41, 5.74) is 2.45. The van der Waals surface area contributed by atoms with Gasteiger partial charge in [0.25, 0.3) is 0 Å². The van der Waals surface area contributed by atoms with Crippen LogP contribution in [0.2, 0.25) is 0 Å². The Morgan fingerprint density at radius 1 is 1.08 bits per heavy atom. The van der Waals surface area contributed by atoms with Gasteiger partial charge in [0.1, 0.15) is 17.3 Å². The van der Waals surface area contributed by atoms with Crippen LogP contribution in [0.15, 0.2) is 55.4 Å². The number of pyridine rings is 1. The van der Waals surface area contributed by atoms with Gasteiger partial charge in [0.2, 0.25) is 5.91 Å². The van der Waals surface area contributed by atoms with Gasteiger partial charge in [-0.1, -0.05) is 19.1 Å². The van der Waals surface area contributed by atoms with Crippen LogP contribution < -0.4 is 9.64 Å². The topological polar surface area (TPSA) is 48.9 Å². The number of piperazine rings is 1. The molecule has 1 unspecified atom stereocenters. The SMILES string of the molecule is C=C/C=C(/Oc1ccc(N2CCC(C(=O)N3CCN(C)CC3)C2)cc1)c1cncc(F)c1C1CCC1. The van der Waals surface area contributed by atoms with E-state index in [4.69, 9.17) is 4.74 Å². The normalized spacial score (nSPS) is 21.4. The number of halogens is 1. The number of carbonyl (C=O) groups excluding carboxylic acids is 1. The van der Waals surface area contributed by atoms with Crippen molar-refractivity contribution in [3.05, 3.63) is 72.3 Å². The molecule has 2 aromatic rings. The zero-order valence-corrected chi connectivity index (χ0v) is 21.0. The Balaban J connectivity index is 1.25. The van der Waals surface area contributed by atoms with Gasteiger partial charge < -0.3 is 19.4 Å². The molecule has 1 amide bonds. The van der Waals surface area contributed by atoms with Crippen LogP contribution in [-0.2, 0) is 4.79 Å². The zero-order valence-electron chi connectivity index (χ0n) is 21.0. The molecule has 3 aliphatic rings. The molecule has 1 aromatic heterocycles. The predicted octanol–water partition coefficient (Wildman–Crippen LogP) is 4.69. The van der Waals surface area contributed by atoms with Crippen LogP contribution in [0.4, 0.5) is 10.1 Å². The number of hydrogen-bond donors (Lipinski definition) is 0. The molecule has 0 N–H and O–H groups in total. The fraction of sp³-hybridized carbons (Fsp3) is 0.448. The van der Waals surface area contributed by atoms with Crippen molar-refractivity contribution in [2.75, 3.05) is 51.2 Å². The minimum Gasteiger partial charge on any atom is -0.457 e. The van der Waals surface area contributed by atoms with Crippen LogP contribution in [0.25, 0.3) is 5.76 Å². The number of anilines is 1. The van der Waals surface area contributed by atoms with E-state index in [1.807, 2.05) is 29.2 Å². The molecule has 2 saturated heterocycles. The van der Waals surface area contributed by atoms with E-state index in [2.05, 4.69) is 28.4 Å². The van der Waals surface area contributed by atoms with Gasteiger partial charge in [-0.15, -0.1) is 0 Å². The fourth-order valence-corrected chi connectivity index (χ4v) is 5.37. The van der Waals surface area contributed by atoms with Crippen molar-refractivity contribution in [2.45, 2.75) is 31.6 Å². The van der Waals surface area contributed by atoms with Gasteiger partial charge in [0.05, 0.1) is 12.1 Å². The van der Waals surface area contributed by atoms with Crippen LogP contribution in [0, 0.1) is 11.7 Å². The maximum Gasteiger partial charge on any atom is 0.227 e. The van der Waals surface area contributed by atoms with Gasteiger partial charge in [-0.25, -0.2) is 4.39 Å². The highest BCUT2D eigenvalue weighted by atomic mass is 19.1. The van der Waals surface area contributed by atoms with Crippen molar-refractivity contribution >= 4 is 17.4 Å². The van der Waals surface area contributed by atoms with Crippen molar-refractivity contribution in [3.8, 4) is 5.75 Å². The molecule has 36 heavy (non-hydrogen) atoms. The molecule has 0 bridgehead atoms. The van der Waals surface area contributed by atoms with Gasteiger partial charge >= 0.3 is 0 Å². The molecule has 0 radical (unpaired) electrons. The van der Waals surface area contributed by atoms with Crippen molar-refractivity contribution < 1.29 is 13.9 Å². The molecule has 190 valence electrons. The Kier molecular flexibility index (Phi) is 7.37. The Morgan fingerprint density at radius 2 is 1.83 bits per heavy atom. The molecule has 3 fully saturated rings. The number of benzene rings is 1. The lowest BCUT2D eigenvalue weighted by molar-refractivity contribution is -0.136. The summed E-state index contributed by atoms with van der Waals surface area (Å²) >= 11 is 0. The van der Waals surface area contributed by atoms with E-state index in [-0.39, 0.29) is 23.6 Å². The number of aromatic nitrogens is 1. The van der Waals surface area contributed by atoms with E-state index in [1.54, 1.807) is 18.3 Å². The molecule has 5 rings (SSSR count). The largest absolute Gasteiger partial charge is 0.457 e. The molecular weight excluding hydrogens is 455 g/mol. The van der Waals surface area contributed by atoms with Gasteiger partial charge in [0, 0.05) is 62.3 Å². The first kappa shape index (κ1) is 24.5. The number of amides is 1. The summed E-state index contributed by atoms with van der Waals surface area (Å²) in [5.74, 6) is 1.48. The smallest absolute Gasteiger partial charge is 0.227 e. The summed E-state index contributed by atoms with van der Waals surface area (Å²) in [6.07, 6.45) is 10.4. The van der Waals surface area contributed by atoms with Gasteiger partial charge in [-0.3, -0.25) is 9.78 Å². The maximum atomic E-state index is 14.7. The summed E-state index contributed by atoms with van der Waals surface area (Å²) in [4.78, 5) is 23.6. The van der Waals surface area contributed by atoms with Gasteiger partial charge in [0.15, 0.2) is 0 Å². The van der Waals surface area contributed by atoms with Crippen LogP contribution in [0.3, 0.4) is 0 Å². The first-order chi connectivity index (χ1) is 17.5. The lowest BCUT2D eigenvalue weighted by Crippen LogP contribution is -2.49. The highest BCUT2D eigenvalue weighted by Crippen LogP contribution is 2.41. The van der Waals surface area contributed by atoms with E-state index in [0.717, 1.165) is 70.6 Å². The van der Waals surface area contributed by atoms with Crippen molar-refractivity contribution in [2.24, 2.45) is 5.92 Å². The van der Waals surface area contributed by atoms with E-state index < -0.39 is 0 Å². The number of nitrogens with zero attached hydrogens (tertiary/aromatic N) is 4. The average Bonchev–Trinajstić information content (AvgIpc) is 3.35. The highest BCUT2D eigenvalue weighted by molar-refractivity contribution is 5.80. The molecule has 1 aliphatic carbocycles. The molecule has 1 atom stereocenters. The first-order valence-corrected chi connectivity index (χ1v) is 13.0. The Bertz CT molecular complexity index is 1120. The number of rotatable bonds is 7. The quantitative estimate of drug-likeness (QED) is 0.416. The molecule has 2 aliphatic heterocycles. The van der Waals surface area contributed by atoms with Crippen molar-refractivity contribution in [1.82, 2.24) is 14.8 Å². The third kappa shape index (κ3) is 5.16. The summed E-state index contributed by atoms with van der Waals surface area (Å²) < 4.78 is 20.9. The minimum atomic E-state index is -0.277. The molecule has 0 spiro atoms. The fourth-order valence-electron chi connectivity index (χ4n) is 5.37. The average molecular weight is 491 g/mol. The molecular formula is C29H35FN4O2. The summed E-state index contributed by atoms with van der Waals surface area (Å²) in [5, 5.41) is 0. The van der Waals surface area contributed by atoms with Crippen LogP contribution in [0.1, 0.15) is 42.7 Å². The van der Waals surface area contributed by atoms with Gasteiger partial charge in [-0.2, -0.15) is 0 Å². The molecule has 3 heterocycles. The van der Waals surface area contributed by atoms with Gasteiger partial charge in [-0.05, 0) is 62.6 Å². The third-order valence-corrected chi connectivity index (χ3v) is 7.77. The second-order valence-corrected chi connectivity index (χ2v) is 10.1. The summed E-state index contributed by atoms with van der Waals surface area (Å²) in [7, 11) is 2.10. The van der Waals surface area contributed by atoms with E-state index >= 15 is 0 Å². The monoisotopic (exact) mass is 490 g/mol. The number of likely N-dealkylation sites (N-methyl/N-ethyl adjacent to an activating group) is 1. The Hall–Kier alpha value is -3.19. The van der Waals surface area contributed by atoms with Crippen LogP contribution in [-0.4, -0.2) is 67.0 Å². The van der Waals surface area contributed by atoms with E-state index in [9.17, 15) is 9.18 Å². The lowest BCUT2D eigenvalue weighted by atomic mass is 9.78. The second-order valence-electron chi connectivity index (χ2n) is 10.1. The summed E-state index contributed by atoms with van der Waals surface area (Å²) in [6, 6.07) is 7.91. The number of ether oxygens (including phenoxy) is 1. The summed E-state index contributed by atoms with van der Waals surface area (Å²) in [6.45, 7) is 8.95. The van der Waals surface area contributed by atoms with Crippen molar-refractivity contribution in [1.29, 1.82) is 0 Å². The number of allylic oxidation sites excluding steroid dienone is 2. The van der Waals surface area contributed by atoms with E-state index in [1.165, 1.54) is 6.20 Å². The van der Waals surface area contributed by atoms with Crippen LogP contribution in [0.5, 0.6) is 5.75 Å². The highest BCUT2D eigenvalue weighted by Gasteiger charge is 2.33. The molecule has 6 nitrogen and oxygen atoms in total. The predicted molar refractivity (Wildman–Crippen MR) is 140 cm³/mol. The number of hydrogen-bond acceptors (Lipinski definition) is 5. The maximum absolute atomic E-state index is 14.7. The molecule has 1 saturated carbocycles. The Morgan fingerprint density at radius 3 is 2.50 bits per heavy atom. The molecule has 1 aromatic carbocycles. The second kappa shape index (κ2) is 10.8. The minimum absolute atomic E-state index is 0.0527. The Labute approximate surface area is 213 Å². The van der Waals surface area contributed by atoms with Crippen molar-refractivity contribution in [3.63, 3.8) is 0 Å². The third-order valence-electron chi connectivity index (χ3n) is 7.77. The first-order valence-electron chi connectivity index (χ1n) is 13.0. The standard InChI is InChI=1S/C29H35FN4O2/c1-3-5-27(25-18-31-19-26(30)28(25)21-6-4-7-21)36-24-10-8-23(9-11-24)34-13-12-22(20-34)29(35)33-16-14-32(2)15-17-33/h3,5,8-11,18-19,21-22H,1,4,6-7,12-17,20H2,2H3/b27-5+. The lowest BCUT2D eigenvalue weighted by Gasteiger charge is -2.34.